The number of aryl methyl sites for hydroxylation is 1. The van der Waals surface area contributed by atoms with Crippen molar-refractivity contribution in [3.63, 3.8) is 0 Å². The molecule has 94 valence electrons. The molecule has 3 heteroatoms. The first-order valence-electron chi connectivity index (χ1n) is 6.30. The summed E-state index contributed by atoms with van der Waals surface area (Å²) >= 11 is 1.74. The van der Waals surface area contributed by atoms with Crippen molar-refractivity contribution in [3.05, 3.63) is 52.0 Å². The van der Waals surface area contributed by atoms with Gasteiger partial charge in [0.15, 0.2) is 0 Å². The Morgan fingerprint density at radius 2 is 2.17 bits per heavy atom. The van der Waals surface area contributed by atoms with Crippen molar-refractivity contribution in [2.24, 2.45) is 5.92 Å². The summed E-state index contributed by atoms with van der Waals surface area (Å²) in [5.74, 6) is 0.492. The SMILES string of the molecule is Cc1ccc(F)c(NC(c2cccs2)C2CC2)c1. The lowest BCUT2D eigenvalue weighted by Gasteiger charge is -2.19. The van der Waals surface area contributed by atoms with E-state index in [1.165, 1.54) is 23.8 Å². The first-order chi connectivity index (χ1) is 8.74. The number of rotatable bonds is 4. The molecule has 3 rings (SSSR count). The molecule has 0 radical (unpaired) electrons. The van der Waals surface area contributed by atoms with Crippen LogP contribution in [0.25, 0.3) is 0 Å². The van der Waals surface area contributed by atoms with Crippen LogP contribution >= 0.6 is 11.3 Å². The highest BCUT2D eigenvalue weighted by Crippen LogP contribution is 2.44. The van der Waals surface area contributed by atoms with Crippen molar-refractivity contribution in [3.8, 4) is 0 Å². The summed E-state index contributed by atoms with van der Waals surface area (Å²) in [6.07, 6.45) is 2.48. The Kier molecular flexibility index (Phi) is 3.08. The summed E-state index contributed by atoms with van der Waals surface area (Å²) in [6.45, 7) is 1.99. The lowest BCUT2D eigenvalue weighted by Crippen LogP contribution is -2.12. The van der Waals surface area contributed by atoms with Crippen molar-refractivity contribution in [2.75, 3.05) is 5.32 Å². The molecule has 1 unspecified atom stereocenters. The predicted molar refractivity (Wildman–Crippen MR) is 74.5 cm³/mol. The Morgan fingerprint density at radius 3 is 2.83 bits per heavy atom. The number of anilines is 1. The van der Waals surface area contributed by atoms with Gasteiger partial charge in [0.25, 0.3) is 0 Å². The van der Waals surface area contributed by atoms with Crippen LogP contribution < -0.4 is 5.32 Å². The minimum Gasteiger partial charge on any atom is -0.375 e. The number of hydrogen-bond acceptors (Lipinski definition) is 2. The number of hydrogen-bond donors (Lipinski definition) is 1. The zero-order valence-corrected chi connectivity index (χ0v) is 11.1. The van der Waals surface area contributed by atoms with Crippen LogP contribution in [0.3, 0.4) is 0 Å². The third-order valence-electron chi connectivity index (χ3n) is 3.38. The van der Waals surface area contributed by atoms with Gasteiger partial charge in [0.1, 0.15) is 5.82 Å². The fourth-order valence-electron chi connectivity index (χ4n) is 2.24. The summed E-state index contributed by atoms with van der Waals surface area (Å²) in [4.78, 5) is 1.30. The molecule has 1 aromatic carbocycles. The smallest absolute Gasteiger partial charge is 0.146 e. The number of benzene rings is 1. The van der Waals surface area contributed by atoms with E-state index in [-0.39, 0.29) is 11.9 Å². The van der Waals surface area contributed by atoms with Gasteiger partial charge in [-0.15, -0.1) is 11.3 Å². The van der Waals surface area contributed by atoms with Crippen molar-refractivity contribution in [2.45, 2.75) is 25.8 Å². The Hall–Kier alpha value is -1.35. The lowest BCUT2D eigenvalue weighted by atomic mass is 10.1. The molecule has 1 aliphatic carbocycles. The molecule has 0 amide bonds. The number of halogens is 1. The topological polar surface area (TPSA) is 12.0 Å². The van der Waals surface area contributed by atoms with E-state index < -0.39 is 0 Å². The maximum atomic E-state index is 13.8. The van der Waals surface area contributed by atoms with Crippen LogP contribution in [0, 0.1) is 18.7 Å². The molecule has 1 aromatic heterocycles. The number of nitrogens with one attached hydrogen (secondary N) is 1. The van der Waals surface area contributed by atoms with E-state index in [4.69, 9.17) is 0 Å². The van der Waals surface area contributed by atoms with Gasteiger partial charge in [-0.3, -0.25) is 0 Å². The van der Waals surface area contributed by atoms with Gasteiger partial charge in [0.05, 0.1) is 11.7 Å². The van der Waals surface area contributed by atoms with Gasteiger partial charge in [0, 0.05) is 4.88 Å². The van der Waals surface area contributed by atoms with Crippen LogP contribution in [-0.4, -0.2) is 0 Å². The molecule has 1 heterocycles. The second-order valence-electron chi connectivity index (χ2n) is 4.96. The van der Waals surface area contributed by atoms with E-state index >= 15 is 0 Å². The first kappa shape index (κ1) is 11.7. The van der Waals surface area contributed by atoms with Gasteiger partial charge in [-0.1, -0.05) is 12.1 Å². The largest absolute Gasteiger partial charge is 0.375 e. The third kappa shape index (κ3) is 2.41. The molecule has 0 saturated heterocycles. The molecular weight excluding hydrogens is 245 g/mol. The molecule has 1 aliphatic rings. The van der Waals surface area contributed by atoms with Crippen LogP contribution in [-0.2, 0) is 0 Å². The van der Waals surface area contributed by atoms with Gasteiger partial charge in [-0.05, 0) is 54.8 Å². The molecular formula is C15H16FNS. The van der Waals surface area contributed by atoms with Crippen molar-refractivity contribution < 1.29 is 4.39 Å². The van der Waals surface area contributed by atoms with Crippen LogP contribution in [0.2, 0.25) is 0 Å². The molecule has 1 saturated carbocycles. The normalized spacial score (nSPS) is 16.6. The fraction of sp³-hybridized carbons (Fsp3) is 0.333. The lowest BCUT2D eigenvalue weighted by molar-refractivity contribution is 0.618. The summed E-state index contributed by atoms with van der Waals surface area (Å²) in [7, 11) is 0. The van der Waals surface area contributed by atoms with Gasteiger partial charge in [-0.2, -0.15) is 0 Å². The molecule has 1 nitrogen and oxygen atoms in total. The van der Waals surface area contributed by atoms with E-state index in [0.717, 1.165) is 5.56 Å². The quantitative estimate of drug-likeness (QED) is 0.836. The molecule has 1 atom stereocenters. The van der Waals surface area contributed by atoms with E-state index in [1.54, 1.807) is 17.4 Å². The Morgan fingerprint density at radius 1 is 1.33 bits per heavy atom. The summed E-state index contributed by atoms with van der Waals surface area (Å²) in [6, 6.07) is 9.69. The molecule has 1 fully saturated rings. The number of thiophene rings is 1. The highest BCUT2D eigenvalue weighted by molar-refractivity contribution is 7.10. The summed E-state index contributed by atoms with van der Waals surface area (Å²) in [5.41, 5.74) is 1.71. The van der Waals surface area contributed by atoms with Crippen molar-refractivity contribution >= 4 is 17.0 Å². The third-order valence-corrected chi connectivity index (χ3v) is 4.33. The molecule has 0 bridgehead atoms. The minimum atomic E-state index is -0.164. The summed E-state index contributed by atoms with van der Waals surface area (Å²) in [5, 5.41) is 5.47. The van der Waals surface area contributed by atoms with E-state index in [9.17, 15) is 4.39 Å². The molecule has 18 heavy (non-hydrogen) atoms. The molecule has 0 spiro atoms. The monoisotopic (exact) mass is 261 g/mol. The molecule has 2 aromatic rings. The van der Waals surface area contributed by atoms with E-state index in [0.29, 0.717) is 11.6 Å². The molecule has 1 N–H and O–H groups in total. The van der Waals surface area contributed by atoms with Gasteiger partial charge in [0.2, 0.25) is 0 Å². The Bertz CT molecular complexity index is 531. The average molecular weight is 261 g/mol. The fourth-order valence-corrected chi connectivity index (χ4v) is 3.11. The average Bonchev–Trinajstić information content (AvgIpc) is 3.05. The zero-order valence-electron chi connectivity index (χ0n) is 10.3. The molecule has 0 aliphatic heterocycles. The van der Waals surface area contributed by atoms with Crippen LogP contribution in [0.1, 0.15) is 29.3 Å². The standard InChI is InChI=1S/C15H16FNS/c1-10-4-7-12(16)13(9-10)17-15(11-5-6-11)14-3-2-8-18-14/h2-4,7-9,11,15,17H,5-6H2,1H3. The van der Waals surface area contributed by atoms with Gasteiger partial charge < -0.3 is 5.32 Å². The Balaban J connectivity index is 1.86. The van der Waals surface area contributed by atoms with Crippen molar-refractivity contribution in [1.29, 1.82) is 0 Å². The van der Waals surface area contributed by atoms with Crippen LogP contribution in [0.4, 0.5) is 10.1 Å². The summed E-state index contributed by atoms with van der Waals surface area (Å²) < 4.78 is 13.8. The minimum absolute atomic E-state index is 0.164. The zero-order chi connectivity index (χ0) is 12.5. The predicted octanol–water partition coefficient (Wildman–Crippen LogP) is 4.76. The second-order valence-corrected chi connectivity index (χ2v) is 5.94. The Labute approximate surface area is 111 Å². The van der Waals surface area contributed by atoms with Crippen molar-refractivity contribution in [1.82, 2.24) is 0 Å². The maximum absolute atomic E-state index is 13.8. The highest BCUT2D eigenvalue weighted by Gasteiger charge is 2.33. The van der Waals surface area contributed by atoms with Gasteiger partial charge >= 0.3 is 0 Å². The van der Waals surface area contributed by atoms with Gasteiger partial charge in [-0.25, -0.2) is 4.39 Å². The van der Waals surface area contributed by atoms with E-state index in [1.807, 2.05) is 13.0 Å². The van der Waals surface area contributed by atoms with Crippen LogP contribution in [0.15, 0.2) is 35.7 Å². The highest BCUT2D eigenvalue weighted by atomic mass is 32.1. The maximum Gasteiger partial charge on any atom is 0.146 e. The first-order valence-corrected chi connectivity index (χ1v) is 7.18. The second kappa shape index (κ2) is 4.73. The van der Waals surface area contributed by atoms with E-state index in [2.05, 4.69) is 22.8 Å². The van der Waals surface area contributed by atoms with Crippen LogP contribution in [0.5, 0.6) is 0 Å².